The smallest absolute Gasteiger partial charge is 0.338 e. The number of hydrogen-bond acceptors (Lipinski definition) is 6. The predicted octanol–water partition coefficient (Wildman–Crippen LogP) is 2.30. The van der Waals surface area contributed by atoms with Crippen molar-refractivity contribution in [2.24, 2.45) is 0 Å². The lowest BCUT2D eigenvalue weighted by molar-refractivity contribution is -0.384. The van der Waals surface area contributed by atoms with Crippen LogP contribution in [0.5, 0.6) is 0 Å². The summed E-state index contributed by atoms with van der Waals surface area (Å²) in [5.74, 6) is 0.0308. The zero-order chi connectivity index (χ0) is 15.5. The molecule has 0 radical (unpaired) electrons. The van der Waals surface area contributed by atoms with Gasteiger partial charge in [-0.3, -0.25) is 10.1 Å². The number of alkyl halides is 3. The molecule has 0 atom stereocenters. The monoisotopic (exact) mass is 302 g/mol. The molecule has 7 nitrogen and oxygen atoms in total. The minimum absolute atomic E-state index is 0.0410. The van der Waals surface area contributed by atoms with Crippen LogP contribution >= 0.6 is 0 Å². The molecule has 2 rings (SSSR count). The Morgan fingerprint density at radius 3 is 2.81 bits per heavy atom. The highest BCUT2D eigenvalue weighted by atomic mass is 19.4. The van der Waals surface area contributed by atoms with Crippen LogP contribution in [-0.2, 0) is 6.54 Å². The fourth-order valence-corrected chi connectivity index (χ4v) is 1.51. The van der Waals surface area contributed by atoms with Crippen molar-refractivity contribution in [2.75, 3.05) is 6.54 Å². The number of nitrogens with one attached hydrogen (secondary N) is 1. The van der Waals surface area contributed by atoms with Gasteiger partial charge in [0.15, 0.2) is 0 Å². The standard InChI is InChI=1S/C11H9F3N4O3/c12-11(13,14)6-15-5-9-16-10(17-21-9)7-2-1-3-8(4-7)18(19)20/h1-4,15H,5-6H2. The molecule has 0 aliphatic rings. The molecule has 1 aromatic heterocycles. The van der Waals surface area contributed by atoms with Gasteiger partial charge >= 0.3 is 6.18 Å². The van der Waals surface area contributed by atoms with Crippen LogP contribution < -0.4 is 5.32 Å². The van der Waals surface area contributed by atoms with E-state index in [9.17, 15) is 23.3 Å². The SMILES string of the molecule is O=[N+]([O-])c1cccc(-c2noc(CNCC(F)(F)F)n2)c1. The van der Waals surface area contributed by atoms with E-state index in [0.717, 1.165) is 0 Å². The topological polar surface area (TPSA) is 94.1 Å². The van der Waals surface area contributed by atoms with Crippen LogP contribution in [0.3, 0.4) is 0 Å². The Morgan fingerprint density at radius 1 is 1.38 bits per heavy atom. The van der Waals surface area contributed by atoms with Crippen LogP contribution in [0, 0.1) is 10.1 Å². The Hall–Kier alpha value is -2.49. The summed E-state index contributed by atoms with van der Waals surface area (Å²) in [6.45, 7) is -1.43. The summed E-state index contributed by atoms with van der Waals surface area (Å²) >= 11 is 0. The Kier molecular flexibility index (Phi) is 4.17. The highest BCUT2D eigenvalue weighted by Gasteiger charge is 2.26. The summed E-state index contributed by atoms with van der Waals surface area (Å²) in [6, 6.07) is 5.53. The summed E-state index contributed by atoms with van der Waals surface area (Å²) in [7, 11) is 0. The number of hydrogen-bond donors (Lipinski definition) is 1. The molecular weight excluding hydrogens is 293 g/mol. The molecule has 21 heavy (non-hydrogen) atoms. The van der Waals surface area contributed by atoms with Gasteiger partial charge in [-0.1, -0.05) is 17.3 Å². The molecule has 112 valence electrons. The minimum atomic E-state index is -4.33. The normalized spacial score (nSPS) is 11.6. The second-order valence-corrected chi connectivity index (χ2v) is 4.04. The van der Waals surface area contributed by atoms with E-state index in [4.69, 9.17) is 4.52 Å². The summed E-state index contributed by atoms with van der Waals surface area (Å²) < 4.78 is 40.6. The molecule has 0 amide bonds. The van der Waals surface area contributed by atoms with Gasteiger partial charge in [-0.2, -0.15) is 18.2 Å². The first-order chi connectivity index (χ1) is 9.85. The molecule has 0 spiro atoms. The largest absolute Gasteiger partial charge is 0.401 e. The number of benzene rings is 1. The summed E-state index contributed by atoms with van der Waals surface area (Å²) in [5, 5.41) is 16.3. The molecule has 0 aliphatic carbocycles. The number of nitro benzene ring substituents is 1. The van der Waals surface area contributed by atoms with Gasteiger partial charge in [0.25, 0.3) is 5.69 Å². The van der Waals surface area contributed by atoms with Crippen LogP contribution in [0.1, 0.15) is 5.89 Å². The lowest BCUT2D eigenvalue weighted by Gasteiger charge is -2.05. The fraction of sp³-hybridized carbons (Fsp3) is 0.273. The molecule has 10 heteroatoms. The summed E-state index contributed by atoms with van der Waals surface area (Å²) in [6.07, 6.45) is -4.33. The Morgan fingerprint density at radius 2 is 2.14 bits per heavy atom. The van der Waals surface area contributed by atoms with Gasteiger partial charge < -0.3 is 9.84 Å². The molecular formula is C11H9F3N4O3. The minimum Gasteiger partial charge on any atom is -0.338 e. The molecule has 0 fully saturated rings. The molecule has 0 saturated heterocycles. The molecule has 1 N–H and O–H groups in total. The van der Waals surface area contributed by atoms with E-state index in [1.54, 1.807) is 0 Å². The maximum atomic E-state index is 12.0. The van der Waals surface area contributed by atoms with Gasteiger partial charge in [-0.25, -0.2) is 0 Å². The van der Waals surface area contributed by atoms with Crippen molar-refractivity contribution in [1.82, 2.24) is 15.5 Å². The maximum Gasteiger partial charge on any atom is 0.401 e. The highest BCUT2D eigenvalue weighted by Crippen LogP contribution is 2.21. The number of nitrogens with zero attached hydrogens (tertiary/aromatic N) is 3. The van der Waals surface area contributed by atoms with Crippen molar-refractivity contribution >= 4 is 5.69 Å². The third-order valence-electron chi connectivity index (χ3n) is 2.38. The Labute approximate surface area is 115 Å². The van der Waals surface area contributed by atoms with Gasteiger partial charge in [0.1, 0.15) is 0 Å². The quantitative estimate of drug-likeness (QED) is 0.672. The lowest BCUT2D eigenvalue weighted by Crippen LogP contribution is -2.28. The number of aromatic nitrogens is 2. The first-order valence-corrected chi connectivity index (χ1v) is 5.70. The van der Waals surface area contributed by atoms with Crippen LogP contribution in [0.2, 0.25) is 0 Å². The first kappa shape index (κ1) is 14.9. The molecule has 1 heterocycles. The van der Waals surface area contributed by atoms with Crippen molar-refractivity contribution in [3.8, 4) is 11.4 Å². The number of halogens is 3. The van der Waals surface area contributed by atoms with Gasteiger partial charge in [0, 0.05) is 17.7 Å². The van der Waals surface area contributed by atoms with Crippen molar-refractivity contribution in [1.29, 1.82) is 0 Å². The van der Waals surface area contributed by atoms with Gasteiger partial charge in [-0.15, -0.1) is 0 Å². The van der Waals surface area contributed by atoms with Crippen molar-refractivity contribution in [3.63, 3.8) is 0 Å². The van der Waals surface area contributed by atoms with E-state index in [2.05, 4.69) is 15.5 Å². The molecule has 2 aromatic rings. The Bertz CT molecular complexity index is 642. The van der Waals surface area contributed by atoms with Gasteiger partial charge in [0.05, 0.1) is 18.0 Å². The van der Waals surface area contributed by atoms with Crippen LogP contribution in [0.25, 0.3) is 11.4 Å². The second-order valence-electron chi connectivity index (χ2n) is 4.04. The zero-order valence-electron chi connectivity index (χ0n) is 10.4. The zero-order valence-corrected chi connectivity index (χ0v) is 10.4. The highest BCUT2D eigenvalue weighted by molar-refractivity contribution is 5.58. The first-order valence-electron chi connectivity index (χ1n) is 5.70. The van der Waals surface area contributed by atoms with E-state index in [1.165, 1.54) is 24.3 Å². The third-order valence-corrected chi connectivity index (χ3v) is 2.38. The van der Waals surface area contributed by atoms with E-state index in [0.29, 0.717) is 5.56 Å². The number of non-ortho nitro benzene ring substituents is 1. The van der Waals surface area contributed by atoms with Crippen LogP contribution in [-0.4, -0.2) is 27.8 Å². The molecule has 1 aromatic carbocycles. The summed E-state index contributed by atoms with van der Waals surface area (Å²) in [4.78, 5) is 13.9. The van der Waals surface area contributed by atoms with Gasteiger partial charge in [-0.05, 0) is 0 Å². The molecule has 0 saturated carbocycles. The lowest BCUT2D eigenvalue weighted by atomic mass is 10.2. The second kappa shape index (κ2) is 5.87. The fourth-order valence-electron chi connectivity index (χ4n) is 1.51. The predicted molar refractivity (Wildman–Crippen MR) is 64.2 cm³/mol. The van der Waals surface area contributed by atoms with Crippen LogP contribution in [0.4, 0.5) is 18.9 Å². The molecule has 0 unspecified atom stereocenters. The van der Waals surface area contributed by atoms with E-state index >= 15 is 0 Å². The maximum absolute atomic E-state index is 12.0. The van der Waals surface area contributed by atoms with Crippen LogP contribution in [0.15, 0.2) is 28.8 Å². The van der Waals surface area contributed by atoms with E-state index in [-0.39, 0.29) is 23.9 Å². The van der Waals surface area contributed by atoms with Crippen molar-refractivity contribution in [2.45, 2.75) is 12.7 Å². The average Bonchev–Trinajstić information content (AvgIpc) is 2.86. The molecule has 0 aliphatic heterocycles. The van der Waals surface area contributed by atoms with Crippen molar-refractivity contribution < 1.29 is 22.6 Å². The van der Waals surface area contributed by atoms with Crippen molar-refractivity contribution in [3.05, 3.63) is 40.3 Å². The third kappa shape index (κ3) is 4.24. The average molecular weight is 302 g/mol. The van der Waals surface area contributed by atoms with Gasteiger partial charge in [0.2, 0.25) is 11.7 Å². The summed E-state index contributed by atoms with van der Waals surface area (Å²) in [5.41, 5.74) is 0.198. The van der Waals surface area contributed by atoms with E-state index in [1.807, 2.05) is 0 Å². The van der Waals surface area contributed by atoms with E-state index < -0.39 is 17.6 Å². The number of nitro groups is 1. The Balaban J connectivity index is 2.06. The number of rotatable bonds is 5. The molecule has 0 bridgehead atoms.